The Kier molecular flexibility index (Phi) is 5.61. The van der Waals surface area contributed by atoms with E-state index in [0.29, 0.717) is 22.0 Å². The zero-order valence-electron chi connectivity index (χ0n) is 14.0. The summed E-state index contributed by atoms with van der Waals surface area (Å²) < 4.78 is 5.95. The Balaban J connectivity index is 1.81. The van der Waals surface area contributed by atoms with Gasteiger partial charge in [-0.2, -0.15) is 0 Å². The molecule has 0 bridgehead atoms. The molecule has 2 fully saturated rings. The second kappa shape index (κ2) is 7.70. The molecule has 0 aromatic heterocycles. The minimum absolute atomic E-state index is 0.136. The molecule has 1 aromatic carbocycles. The molecule has 3 rings (SSSR count). The van der Waals surface area contributed by atoms with Crippen molar-refractivity contribution in [1.82, 2.24) is 4.90 Å². The highest BCUT2D eigenvalue weighted by atomic mass is 79.9. The lowest BCUT2D eigenvalue weighted by Gasteiger charge is -2.27. The van der Waals surface area contributed by atoms with Gasteiger partial charge in [0.1, 0.15) is 11.4 Å². The molecule has 0 N–H and O–H groups in total. The van der Waals surface area contributed by atoms with Gasteiger partial charge < -0.3 is 9.64 Å². The lowest BCUT2D eigenvalue weighted by atomic mass is 10.2. The number of hydrogen-bond donors (Lipinski definition) is 0. The second-order valence-electron chi connectivity index (χ2n) is 6.55. The second-order valence-corrected chi connectivity index (χ2v) is 7.40. The smallest absolute Gasteiger partial charge is 0.293 e. The minimum Gasteiger partial charge on any atom is -0.495 e. The molecular weight excluding hydrogens is 374 g/mol. The van der Waals surface area contributed by atoms with Crippen molar-refractivity contribution in [2.45, 2.75) is 38.1 Å². The lowest BCUT2D eigenvalue weighted by molar-refractivity contribution is -0.384. The van der Waals surface area contributed by atoms with Crippen molar-refractivity contribution in [2.75, 3.05) is 38.2 Å². The number of nitro groups is 1. The molecule has 1 aromatic rings. The number of anilines is 1. The van der Waals surface area contributed by atoms with Crippen molar-refractivity contribution in [2.24, 2.45) is 0 Å². The van der Waals surface area contributed by atoms with Gasteiger partial charge in [0, 0.05) is 44.4 Å². The Morgan fingerprint density at radius 1 is 1.17 bits per heavy atom. The van der Waals surface area contributed by atoms with E-state index in [1.807, 2.05) is 0 Å². The van der Waals surface area contributed by atoms with Crippen LogP contribution in [0.25, 0.3) is 0 Å². The number of ether oxygens (including phenoxy) is 1. The van der Waals surface area contributed by atoms with Gasteiger partial charge in [0.25, 0.3) is 5.69 Å². The standard InChI is InChI=1S/C17H24BrN3O3/c1-24-17-12-15(16(21(22)23)11-14(17)18)20-8-4-7-19(9-10-20)13-5-2-3-6-13/h11-13H,2-10H2,1H3. The Morgan fingerprint density at radius 2 is 1.92 bits per heavy atom. The topological polar surface area (TPSA) is 58.8 Å². The van der Waals surface area contributed by atoms with Gasteiger partial charge in [-0.05, 0) is 35.2 Å². The number of hydrogen-bond acceptors (Lipinski definition) is 5. The van der Waals surface area contributed by atoms with Crippen LogP contribution in [0.3, 0.4) is 0 Å². The minimum atomic E-state index is -0.306. The fourth-order valence-corrected chi connectivity index (χ4v) is 4.39. The van der Waals surface area contributed by atoms with Gasteiger partial charge in [0.2, 0.25) is 0 Å². The largest absolute Gasteiger partial charge is 0.495 e. The van der Waals surface area contributed by atoms with Gasteiger partial charge in [-0.25, -0.2) is 0 Å². The van der Waals surface area contributed by atoms with Gasteiger partial charge >= 0.3 is 0 Å². The Morgan fingerprint density at radius 3 is 2.58 bits per heavy atom. The molecule has 24 heavy (non-hydrogen) atoms. The highest BCUT2D eigenvalue weighted by Gasteiger charge is 2.28. The van der Waals surface area contributed by atoms with Crippen LogP contribution >= 0.6 is 15.9 Å². The molecule has 2 aliphatic rings. The van der Waals surface area contributed by atoms with Crippen molar-refractivity contribution < 1.29 is 9.66 Å². The predicted molar refractivity (Wildman–Crippen MR) is 98.0 cm³/mol. The number of rotatable bonds is 4. The first-order valence-electron chi connectivity index (χ1n) is 8.61. The summed E-state index contributed by atoms with van der Waals surface area (Å²) in [6.45, 7) is 3.72. The third-order valence-electron chi connectivity index (χ3n) is 5.16. The van der Waals surface area contributed by atoms with Crippen LogP contribution in [0.2, 0.25) is 0 Å². The number of halogens is 1. The summed E-state index contributed by atoms with van der Waals surface area (Å²) in [4.78, 5) is 15.9. The first-order valence-corrected chi connectivity index (χ1v) is 9.40. The SMILES string of the molecule is COc1cc(N2CCCN(C3CCCC3)CC2)c([N+](=O)[O-])cc1Br. The molecule has 1 heterocycles. The maximum absolute atomic E-state index is 11.5. The average Bonchev–Trinajstić information content (AvgIpc) is 2.99. The van der Waals surface area contributed by atoms with E-state index < -0.39 is 0 Å². The van der Waals surface area contributed by atoms with Crippen molar-refractivity contribution in [3.05, 3.63) is 26.7 Å². The van der Waals surface area contributed by atoms with Crippen LogP contribution < -0.4 is 9.64 Å². The number of methoxy groups -OCH3 is 1. The van der Waals surface area contributed by atoms with Crippen molar-refractivity contribution in [3.63, 3.8) is 0 Å². The fourth-order valence-electron chi connectivity index (χ4n) is 3.90. The van der Waals surface area contributed by atoms with E-state index in [4.69, 9.17) is 4.74 Å². The summed E-state index contributed by atoms with van der Waals surface area (Å²) >= 11 is 3.35. The van der Waals surface area contributed by atoms with Crippen LogP contribution in [-0.2, 0) is 0 Å². The van der Waals surface area contributed by atoms with Crippen LogP contribution in [0.5, 0.6) is 5.75 Å². The van der Waals surface area contributed by atoms with E-state index in [9.17, 15) is 10.1 Å². The Bertz CT molecular complexity index is 605. The van der Waals surface area contributed by atoms with Gasteiger partial charge in [0.05, 0.1) is 16.5 Å². The van der Waals surface area contributed by atoms with Crippen LogP contribution in [-0.4, -0.2) is 49.2 Å². The summed E-state index contributed by atoms with van der Waals surface area (Å²) in [6.07, 6.45) is 6.30. The highest BCUT2D eigenvalue weighted by molar-refractivity contribution is 9.10. The van der Waals surface area contributed by atoms with Gasteiger partial charge in [-0.1, -0.05) is 12.8 Å². The molecule has 1 saturated heterocycles. The molecule has 7 heteroatoms. The molecule has 0 radical (unpaired) electrons. The van der Waals surface area contributed by atoms with Crippen LogP contribution in [0.4, 0.5) is 11.4 Å². The highest BCUT2D eigenvalue weighted by Crippen LogP contribution is 2.38. The lowest BCUT2D eigenvalue weighted by Crippen LogP contribution is -2.37. The van der Waals surface area contributed by atoms with Crippen molar-refractivity contribution >= 4 is 27.3 Å². The third-order valence-corrected chi connectivity index (χ3v) is 5.78. The zero-order chi connectivity index (χ0) is 17.1. The van der Waals surface area contributed by atoms with Gasteiger partial charge in [-0.15, -0.1) is 0 Å². The van der Waals surface area contributed by atoms with E-state index in [1.165, 1.54) is 25.7 Å². The first-order chi connectivity index (χ1) is 11.6. The van der Waals surface area contributed by atoms with E-state index in [-0.39, 0.29) is 10.6 Å². The van der Waals surface area contributed by atoms with Crippen LogP contribution in [0, 0.1) is 10.1 Å². The quantitative estimate of drug-likeness (QED) is 0.570. The van der Waals surface area contributed by atoms with E-state index >= 15 is 0 Å². The zero-order valence-corrected chi connectivity index (χ0v) is 15.6. The Labute approximate surface area is 151 Å². The molecule has 6 nitrogen and oxygen atoms in total. The maximum atomic E-state index is 11.5. The van der Waals surface area contributed by atoms with E-state index in [2.05, 4.69) is 25.7 Å². The maximum Gasteiger partial charge on any atom is 0.293 e. The molecule has 132 valence electrons. The third kappa shape index (κ3) is 3.67. The fraction of sp³-hybridized carbons (Fsp3) is 0.647. The normalized spacial score (nSPS) is 20.2. The van der Waals surface area contributed by atoms with Crippen LogP contribution in [0.1, 0.15) is 32.1 Å². The molecule has 1 saturated carbocycles. The van der Waals surface area contributed by atoms with Crippen molar-refractivity contribution in [1.29, 1.82) is 0 Å². The number of nitrogens with zero attached hydrogens (tertiary/aromatic N) is 3. The molecular formula is C17H24BrN3O3. The first kappa shape index (κ1) is 17.5. The summed E-state index contributed by atoms with van der Waals surface area (Å²) in [5.41, 5.74) is 0.797. The molecule has 0 spiro atoms. The van der Waals surface area contributed by atoms with E-state index in [0.717, 1.165) is 32.6 Å². The molecule has 0 amide bonds. The number of nitro benzene ring substituents is 1. The van der Waals surface area contributed by atoms with Gasteiger partial charge in [0.15, 0.2) is 0 Å². The van der Waals surface area contributed by atoms with Crippen LogP contribution in [0.15, 0.2) is 16.6 Å². The van der Waals surface area contributed by atoms with Gasteiger partial charge in [-0.3, -0.25) is 15.0 Å². The monoisotopic (exact) mass is 397 g/mol. The molecule has 1 aliphatic heterocycles. The Hall–Kier alpha value is -1.34. The van der Waals surface area contributed by atoms with E-state index in [1.54, 1.807) is 19.2 Å². The summed E-state index contributed by atoms with van der Waals surface area (Å²) in [5.74, 6) is 0.632. The predicted octanol–water partition coefficient (Wildman–Crippen LogP) is 3.82. The molecule has 0 unspecified atom stereocenters. The number of benzene rings is 1. The summed E-state index contributed by atoms with van der Waals surface area (Å²) in [5, 5.41) is 11.5. The van der Waals surface area contributed by atoms with Crippen molar-refractivity contribution in [3.8, 4) is 5.75 Å². The summed E-state index contributed by atoms with van der Waals surface area (Å²) in [7, 11) is 1.58. The molecule has 1 aliphatic carbocycles. The molecule has 0 atom stereocenters. The average molecular weight is 398 g/mol. The summed E-state index contributed by atoms with van der Waals surface area (Å²) in [6, 6.07) is 4.04.